The number of benzene rings is 1. The largest absolute Gasteiger partial charge is 0.507 e. The molecule has 8 heteroatoms. The number of carbonyl (C=O) groups is 2. The molecule has 0 radical (unpaired) electrons. The van der Waals surface area contributed by atoms with Gasteiger partial charge in [-0.3, -0.25) is 9.59 Å². The number of ketones is 1. The Morgan fingerprint density at radius 3 is 2.66 bits per heavy atom. The van der Waals surface area contributed by atoms with Crippen LogP contribution < -0.4 is 4.74 Å². The zero-order valence-electron chi connectivity index (χ0n) is 16.5. The van der Waals surface area contributed by atoms with Crippen molar-refractivity contribution in [1.82, 2.24) is 9.80 Å². The van der Waals surface area contributed by atoms with Crippen LogP contribution in [0.3, 0.4) is 0 Å². The van der Waals surface area contributed by atoms with Gasteiger partial charge in [0, 0.05) is 18.7 Å². The van der Waals surface area contributed by atoms with Crippen LogP contribution >= 0.6 is 11.6 Å². The third-order valence-corrected chi connectivity index (χ3v) is 4.94. The number of hydrogen-bond acceptors (Lipinski definition) is 6. The predicted octanol–water partition coefficient (Wildman–Crippen LogP) is 3.32. The van der Waals surface area contributed by atoms with Crippen molar-refractivity contribution in [1.29, 1.82) is 0 Å². The summed E-state index contributed by atoms with van der Waals surface area (Å²) in [4.78, 5) is 28.8. The molecule has 2 aromatic rings. The maximum absolute atomic E-state index is 12.8. The Labute approximate surface area is 174 Å². The van der Waals surface area contributed by atoms with E-state index in [9.17, 15) is 14.7 Å². The molecule has 0 unspecified atom stereocenters. The van der Waals surface area contributed by atoms with Crippen LogP contribution in [0.25, 0.3) is 5.76 Å². The van der Waals surface area contributed by atoms with Crippen LogP contribution in [-0.4, -0.2) is 60.4 Å². The maximum Gasteiger partial charge on any atom is 0.295 e. The lowest BCUT2D eigenvalue weighted by molar-refractivity contribution is -0.140. The van der Waals surface area contributed by atoms with E-state index in [0.717, 1.165) is 0 Å². The normalized spacial score (nSPS) is 18.7. The van der Waals surface area contributed by atoms with Crippen molar-refractivity contribution in [2.24, 2.45) is 0 Å². The number of likely N-dealkylation sites (N-methyl/N-ethyl adjacent to an activating group) is 1. The summed E-state index contributed by atoms with van der Waals surface area (Å²) in [6.07, 6.45) is 1.47. The highest BCUT2D eigenvalue weighted by Gasteiger charge is 2.47. The molecule has 7 nitrogen and oxygen atoms in total. The Balaban J connectivity index is 2.08. The first-order chi connectivity index (χ1) is 13.8. The number of likely N-dealkylation sites (tertiary alicyclic amines) is 1. The first-order valence-corrected chi connectivity index (χ1v) is 9.62. The summed E-state index contributed by atoms with van der Waals surface area (Å²) in [6, 6.07) is 7.26. The molecule has 1 atom stereocenters. The summed E-state index contributed by atoms with van der Waals surface area (Å²) in [7, 11) is 3.75. The van der Waals surface area contributed by atoms with Crippen molar-refractivity contribution in [2.45, 2.75) is 13.0 Å². The molecular formula is C21H23ClN2O5. The van der Waals surface area contributed by atoms with Gasteiger partial charge >= 0.3 is 0 Å². The van der Waals surface area contributed by atoms with Gasteiger partial charge in [0.15, 0.2) is 0 Å². The van der Waals surface area contributed by atoms with Gasteiger partial charge < -0.3 is 24.1 Å². The molecule has 1 aromatic heterocycles. The highest BCUT2D eigenvalue weighted by Crippen LogP contribution is 2.40. The second-order valence-electron chi connectivity index (χ2n) is 6.89. The number of hydrogen-bond donors (Lipinski definition) is 1. The van der Waals surface area contributed by atoms with E-state index in [1.54, 1.807) is 24.3 Å². The van der Waals surface area contributed by atoms with E-state index in [-0.39, 0.29) is 11.3 Å². The Bertz CT molecular complexity index is 937. The number of aliphatic hydroxyl groups is 1. The van der Waals surface area contributed by atoms with E-state index in [1.165, 1.54) is 17.2 Å². The molecule has 0 spiro atoms. The third kappa shape index (κ3) is 4.16. The van der Waals surface area contributed by atoms with Crippen LogP contribution in [0.1, 0.15) is 24.3 Å². The second kappa shape index (κ2) is 8.71. The standard InChI is InChI=1S/C21H23ClN2O5/c1-4-28-15-8-7-13(12-14(15)22)19(25)17-18(16-6-5-11-29-16)24(10-9-23(2)3)21(27)20(17)26/h5-8,11-12,18,25H,4,9-10H2,1-3H3/b19-17+/t18-/m1/s1. The number of ether oxygens (including phenoxy) is 1. The van der Waals surface area contributed by atoms with Crippen LogP contribution in [-0.2, 0) is 9.59 Å². The number of furan rings is 1. The van der Waals surface area contributed by atoms with Gasteiger partial charge in [-0.05, 0) is 51.4 Å². The predicted molar refractivity (Wildman–Crippen MR) is 109 cm³/mol. The minimum atomic E-state index is -0.810. The molecule has 1 aliphatic rings. The van der Waals surface area contributed by atoms with Gasteiger partial charge in [-0.15, -0.1) is 0 Å². The van der Waals surface area contributed by atoms with E-state index < -0.39 is 17.7 Å². The summed E-state index contributed by atoms with van der Waals surface area (Å²) in [5, 5.41) is 11.2. The highest BCUT2D eigenvalue weighted by atomic mass is 35.5. The first-order valence-electron chi connectivity index (χ1n) is 9.24. The SMILES string of the molecule is CCOc1ccc(/C(O)=C2\C(=O)C(=O)N(CCN(C)C)[C@@H]2c2ccco2)cc1Cl. The molecule has 1 amide bonds. The number of halogens is 1. The van der Waals surface area contributed by atoms with Gasteiger partial charge in [0.1, 0.15) is 23.3 Å². The van der Waals surface area contributed by atoms with Crippen LogP contribution in [0.4, 0.5) is 0 Å². The summed E-state index contributed by atoms with van der Waals surface area (Å²) in [5.74, 6) is -0.858. The molecule has 0 saturated carbocycles. The number of amides is 1. The Kier molecular flexibility index (Phi) is 6.30. The number of carbonyl (C=O) groups excluding carboxylic acids is 2. The molecule has 1 N–H and O–H groups in total. The summed E-state index contributed by atoms with van der Waals surface area (Å²) in [6.45, 7) is 3.15. The molecule has 3 rings (SSSR count). The van der Waals surface area contributed by atoms with Crippen molar-refractivity contribution < 1.29 is 23.8 Å². The smallest absolute Gasteiger partial charge is 0.295 e. The molecular weight excluding hydrogens is 396 g/mol. The Morgan fingerprint density at radius 1 is 1.31 bits per heavy atom. The molecule has 1 fully saturated rings. The summed E-state index contributed by atoms with van der Waals surface area (Å²) < 4.78 is 10.9. The molecule has 1 aromatic carbocycles. The molecule has 2 heterocycles. The van der Waals surface area contributed by atoms with E-state index in [4.69, 9.17) is 20.8 Å². The van der Waals surface area contributed by atoms with Crippen LogP contribution in [0.15, 0.2) is 46.6 Å². The first kappa shape index (κ1) is 21.0. The lowest BCUT2D eigenvalue weighted by Crippen LogP contribution is -2.35. The zero-order valence-corrected chi connectivity index (χ0v) is 17.3. The van der Waals surface area contributed by atoms with E-state index >= 15 is 0 Å². The van der Waals surface area contributed by atoms with Crippen molar-refractivity contribution in [2.75, 3.05) is 33.8 Å². The van der Waals surface area contributed by atoms with E-state index in [2.05, 4.69) is 0 Å². The second-order valence-corrected chi connectivity index (χ2v) is 7.30. The molecule has 29 heavy (non-hydrogen) atoms. The van der Waals surface area contributed by atoms with Crippen LogP contribution in [0, 0.1) is 0 Å². The molecule has 0 bridgehead atoms. The minimum absolute atomic E-state index is 0.0241. The van der Waals surface area contributed by atoms with Crippen molar-refractivity contribution in [3.05, 3.63) is 58.5 Å². The molecule has 1 aliphatic heterocycles. The number of nitrogens with zero attached hydrogens (tertiary/aromatic N) is 2. The number of Topliss-reactive ketones (excluding diaryl/α,β-unsaturated/α-hetero) is 1. The van der Waals surface area contributed by atoms with Gasteiger partial charge in [-0.25, -0.2) is 0 Å². The maximum atomic E-state index is 12.8. The van der Waals surface area contributed by atoms with E-state index in [0.29, 0.717) is 41.8 Å². The van der Waals surface area contributed by atoms with Gasteiger partial charge in [-0.2, -0.15) is 0 Å². The quantitative estimate of drug-likeness (QED) is 0.422. The van der Waals surface area contributed by atoms with Gasteiger partial charge in [-0.1, -0.05) is 11.6 Å². The Hall–Kier alpha value is -2.77. The van der Waals surface area contributed by atoms with Crippen LogP contribution in [0.5, 0.6) is 5.75 Å². The van der Waals surface area contributed by atoms with Gasteiger partial charge in [0.25, 0.3) is 11.7 Å². The fraction of sp³-hybridized carbons (Fsp3) is 0.333. The molecule has 154 valence electrons. The summed E-state index contributed by atoms with van der Waals surface area (Å²) in [5.41, 5.74) is 0.296. The van der Waals surface area contributed by atoms with Crippen molar-refractivity contribution >= 4 is 29.1 Å². The van der Waals surface area contributed by atoms with Gasteiger partial charge in [0.05, 0.1) is 23.5 Å². The molecule has 1 saturated heterocycles. The zero-order chi connectivity index (χ0) is 21.1. The van der Waals surface area contributed by atoms with Crippen LogP contribution in [0.2, 0.25) is 5.02 Å². The highest BCUT2D eigenvalue weighted by molar-refractivity contribution is 6.46. The number of rotatable bonds is 7. The summed E-state index contributed by atoms with van der Waals surface area (Å²) >= 11 is 6.23. The fourth-order valence-electron chi connectivity index (χ4n) is 3.24. The average molecular weight is 419 g/mol. The molecule has 0 aliphatic carbocycles. The fourth-order valence-corrected chi connectivity index (χ4v) is 3.47. The Morgan fingerprint density at radius 2 is 2.07 bits per heavy atom. The lowest BCUT2D eigenvalue weighted by Gasteiger charge is -2.24. The lowest BCUT2D eigenvalue weighted by atomic mass is 9.99. The van der Waals surface area contributed by atoms with Crippen molar-refractivity contribution in [3.63, 3.8) is 0 Å². The van der Waals surface area contributed by atoms with Gasteiger partial charge in [0.2, 0.25) is 0 Å². The topological polar surface area (TPSA) is 83.2 Å². The third-order valence-electron chi connectivity index (χ3n) is 4.65. The monoisotopic (exact) mass is 418 g/mol. The van der Waals surface area contributed by atoms with E-state index in [1.807, 2.05) is 25.9 Å². The van der Waals surface area contributed by atoms with Crippen molar-refractivity contribution in [3.8, 4) is 5.75 Å². The minimum Gasteiger partial charge on any atom is -0.507 e. The average Bonchev–Trinajstić information content (AvgIpc) is 3.29. The number of aliphatic hydroxyl groups excluding tert-OH is 1.